The molecule has 2 atom stereocenters. The molecule has 226 valence electrons. The molecule has 2 N–H and O–H groups in total. The van der Waals surface area contributed by atoms with Crippen molar-refractivity contribution in [2.45, 2.75) is 32.5 Å². The molecule has 3 heterocycles. The van der Waals surface area contributed by atoms with Gasteiger partial charge in [-0.15, -0.1) is 0 Å². The van der Waals surface area contributed by atoms with Crippen LogP contribution in [0, 0.1) is 6.07 Å². The Morgan fingerprint density at radius 2 is 1.21 bits per heavy atom. The van der Waals surface area contributed by atoms with Crippen LogP contribution in [0.3, 0.4) is 0 Å². The Balaban J connectivity index is 0.000000541. The van der Waals surface area contributed by atoms with Crippen molar-refractivity contribution in [1.82, 2.24) is 39.5 Å². The predicted molar refractivity (Wildman–Crippen MR) is 166 cm³/mol. The molecule has 0 amide bonds. The summed E-state index contributed by atoms with van der Waals surface area (Å²) in [5.41, 5.74) is 3.88. The Labute approximate surface area is 264 Å². The Kier molecular flexibility index (Phi) is 11.2. The van der Waals surface area contributed by atoms with E-state index in [9.17, 15) is 0 Å². The van der Waals surface area contributed by atoms with Crippen molar-refractivity contribution < 1.29 is 29.6 Å². The fourth-order valence-corrected chi connectivity index (χ4v) is 5.98. The minimum absolute atomic E-state index is 0.0370. The fourth-order valence-electron chi connectivity index (χ4n) is 4.81. The van der Waals surface area contributed by atoms with E-state index in [2.05, 4.69) is 121 Å². The number of rotatable bonds is 8. The number of hydrogen-bond donors (Lipinski definition) is 2. The second-order valence-corrected chi connectivity index (χ2v) is 11.6. The molecule has 12 nitrogen and oxygen atoms in total. The van der Waals surface area contributed by atoms with Crippen LogP contribution < -0.4 is 9.62 Å². The number of nitrogens with zero attached hydrogens (tertiary/aromatic N) is 10. The first-order chi connectivity index (χ1) is 20.6. The molecule has 4 aromatic rings. The van der Waals surface area contributed by atoms with Gasteiger partial charge in [0.2, 0.25) is 0 Å². The van der Waals surface area contributed by atoms with E-state index >= 15 is 0 Å². The van der Waals surface area contributed by atoms with Gasteiger partial charge >= 0.3 is 223 Å². The second kappa shape index (κ2) is 14.9. The molecule has 1 fully saturated rings. The fraction of sp³-hybridized carbons (Fsp3) is 0.321. The van der Waals surface area contributed by atoms with Gasteiger partial charge in [0.05, 0.1) is 12.2 Å². The van der Waals surface area contributed by atoms with E-state index < -0.39 is 0 Å². The van der Waals surface area contributed by atoms with Crippen molar-refractivity contribution in [3.63, 3.8) is 0 Å². The van der Waals surface area contributed by atoms with E-state index in [0.29, 0.717) is 18.1 Å². The van der Waals surface area contributed by atoms with E-state index in [4.69, 9.17) is 10.2 Å². The topological polar surface area (TPSA) is 131 Å². The standard InChI is InChI=1S/C23H23B2N10.C5H12O2.Pt/c1-32(2)24-25(33(3)4)35(21-11-7-19(8-12-21)23-30-15-27-16-31-23)17-34(24)20-9-5-18(6-10-20)22-28-13-26-14-29-22;1-4(6)3-5(2)7;/h5-11,13-16H,1-4H3;4-7H,3H2,1-2H3;/q-1;;. The maximum atomic E-state index is 8.56. The van der Waals surface area contributed by atoms with Crippen molar-refractivity contribution >= 4 is 29.3 Å². The molecule has 0 aliphatic carbocycles. The molecule has 1 saturated heterocycles. The average Bonchev–Trinajstić information content (AvgIpc) is 3.31. The van der Waals surface area contributed by atoms with Gasteiger partial charge in [0.15, 0.2) is 0 Å². The summed E-state index contributed by atoms with van der Waals surface area (Å²) in [6, 6.07) is 17.8. The first-order valence-electron chi connectivity index (χ1n) is 13.7. The number of anilines is 2. The van der Waals surface area contributed by atoms with Crippen LogP contribution in [0.4, 0.5) is 11.4 Å². The quantitative estimate of drug-likeness (QED) is 0.199. The second-order valence-electron chi connectivity index (χ2n) is 10.6. The molecule has 0 saturated carbocycles. The monoisotopic (exact) mass is 760 g/mol. The molecular weight excluding hydrogens is 725 g/mol. The van der Waals surface area contributed by atoms with Crippen LogP contribution >= 0.6 is 0 Å². The summed E-state index contributed by atoms with van der Waals surface area (Å²) in [4.78, 5) is 34.0. The van der Waals surface area contributed by atoms with Crippen molar-refractivity contribution in [2.24, 2.45) is 0 Å². The third-order valence-electron chi connectivity index (χ3n) is 6.61. The first-order valence-corrected chi connectivity index (χ1v) is 14.9. The molecule has 5 rings (SSSR count). The zero-order valence-electron chi connectivity index (χ0n) is 25.1. The van der Waals surface area contributed by atoms with E-state index in [1.807, 2.05) is 24.3 Å². The molecule has 0 bridgehead atoms. The van der Waals surface area contributed by atoms with Gasteiger partial charge in [0, 0.05) is 0 Å². The molecule has 1 aliphatic heterocycles. The summed E-state index contributed by atoms with van der Waals surface area (Å²) < 4.78 is 1.07. The molecular formula is C28H35B2N10O2Pt-. The summed E-state index contributed by atoms with van der Waals surface area (Å²) in [5, 5.41) is 17.1. The van der Waals surface area contributed by atoms with E-state index in [0.717, 1.165) is 26.6 Å². The third kappa shape index (κ3) is 7.95. The number of benzene rings is 2. The van der Waals surface area contributed by atoms with Gasteiger partial charge in [-0.1, -0.05) is 0 Å². The molecule has 2 aromatic carbocycles. The minimum atomic E-state index is -0.375. The normalized spacial score (nSPS) is 14.7. The Bertz CT molecular complexity index is 1340. The third-order valence-corrected chi connectivity index (χ3v) is 7.70. The Morgan fingerprint density at radius 1 is 0.744 bits per heavy atom. The maximum absolute atomic E-state index is 8.56. The zero-order chi connectivity index (χ0) is 31.1. The van der Waals surface area contributed by atoms with Crippen LogP contribution in [0.5, 0.6) is 0 Å². The van der Waals surface area contributed by atoms with Gasteiger partial charge in [-0.3, -0.25) is 0 Å². The number of aliphatic hydroxyl groups is 2. The van der Waals surface area contributed by atoms with Crippen LogP contribution in [-0.2, 0) is 19.4 Å². The van der Waals surface area contributed by atoms with E-state index in [1.54, 1.807) is 13.8 Å². The van der Waals surface area contributed by atoms with Crippen molar-refractivity contribution in [1.29, 1.82) is 0 Å². The molecule has 1 aliphatic rings. The SMILES string of the molecule is CC(O)CC(C)O.CN(C)B1B(N(C)C)N(c2ccc(-c3ncncn3)cc2)[C](=[Pt])N1c1[c-]cc(-c2ncncn2)cc1. The average molecular weight is 760 g/mol. The Morgan fingerprint density at radius 3 is 1.63 bits per heavy atom. The molecule has 2 unspecified atom stereocenters. The van der Waals surface area contributed by atoms with Gasteiger partial charge in [-0.2, -0.15) is 0 Å². The molecule has 15 heteroatoms. The first kappa shape index (κ1) is 32.5. The zero-order valence-corrected chi connectivity index (χ0v) is 27.3. The van der Waals surface area contributed by atoms with E-state index in [-0.39, 0.29) is 26.0 Å². The van der Waals surface area contributed by atoms with Gasteiger partial charge < -0.3 is 10.2 Å². The summed E-state index contributed by atoms with van der Waals surface area (Å²) in [7, 11) is 8.42. The molecule has 43 heavy (non-hydrogen) atoms. The van der Waals surface area contributed by atoms with Crippen molar-refractivity contribution in [2.75, 3.05) is 37.8 Å². The number of hydrogen-bond acceptors (Lipinski definition) is 12. The molecule has 0 spiro atoms. The van der Waals surface area contributed by atoms with Crippen LogP contribution in [-0.4, -0.2) is 108 Å². The summed E-state index contributed by atoms with van der Waals surface area (Å²) >= 11 is 2.41. The van der Waals surface area contributed by atoms with Crippen LogP contribution in [0.1, 0.15) is 20.3 Å². The van der Waals surface area contributed by atoms with Crippen molar-refractivity contribution in [3.8, 4) is 22.8 Å². The van der Waals surface area contributed by atoms with Crippen LogP contribution in [0.2, 0.25) is 0 Å². The predicted octanol–water partition coefficient (Wildman–Crippen LogP) is 1.47. The van der Waals surface area contributed by atoms with Crippen LogP contribution in [0.15, 0.2) is 67.8 Å². The summed E-state index contributed by atoms with van der Waals surface area (Å²) in [6.45, 7) is 3.40. The molecule has 0 radical (unpaired) electrons. The van der Waals surface area contributed by atoms with Gasteiger partial charge in [-0.05, 0) is 20.3 Å². The Hall–Kier alpha value is -3.41. The van der Waals surface area contributed by atoms with E-state index in [1.165, 1.54) is 25.3 Å². The number of aromatic nitrogens is 6. The van der Waals surface area contributed by atoms with Gasteiger partial charge in [0.25, 0.3) is 0 Å². The summed E-state index contributed by atoms with van der Waals surface area (Å²) in [6.07, 6.45) is 5.75. The van der Waals surface area contributed by atoms with Crippen LogP contribution in [0.25, 0.3) is 22.8 Å². The molecule has 2 aromatic heterocycles. The summed E-state index contributed by atoms with van der Waals surface area (Å²) in [5.74, 6) is 1.28. The van der Waals surface area contributed by atoms with Crippen molar-refractivity contribution in [3.05, 3.63) is 73.8 Å². The van der Waals surface area contributed by atoms with Gasteiger partial charge in [-0.25, -0.2) is 0 Å². The van der Waals surface area contributed by atoms with Gasteiger partial charge in [0.1, 0.15) is 0 Å². The number of aliphatic hydroxyl groups excluding tert-OH is 2.